The van der Waals surface area contributed by atoms with Crippen LogP contribution in [0.5, 0.6) is 5.75 Å². The van der Waals surface area contributed by atoms with E-state index < -0.39 is 29.9 Å². The zero-order chi connectivity index (χ0) is 50.4. The molecule has 0 saturated carbocycles. The van der Waals surface area contributed by atoms with Gasteiger partial charge in [-0.1, -0.05) is 73.4 Å². The minimum Gasteiger partial charge on any atom is -0.444 e. The number of aliphatic hydroxyl groups is 1. The van der Waals surface area contributed by atoms with Crippen molar-refractivity contribution < 1.29 is 43.3 Å². The molecule has 7 unspecified atom stereocenters. The summed E-state index contributed by atoms with van der Waals surface area (Å²) in [6.07, 6.45) is 6.28. The Morgan fingerprint density at radius 2 is 1.60 bits per heavy atom. The highest BCUT2D eigenvalue weighted by atomic mass is 32.1. The molecule has 1 aromatic heterocycles. The van der Waals surface area contributed by atoms with E-state index in [1.54, 1.807) is 38.3 Å². The van der Waals surface area contributed by atoms with Crippen LogP contribution in [0.25, 0.3) is 0 Å². The highest BCUT2D eigenvalue weighted by Gasteiger charge is 2.38. The number of nitrogens with one attached hydrogen (secondary N) is 4. The summed E-state index contributed by atoms with van der Waals surface area (Å²) in [5, 5.41) is 24.1. The van der Waals surface area contributed by atoms with Gasteiger partial charge in [0, 0.05) is 56.7 Å². The highest BCUT2D eigenvalue weighted by molar-refractivity contribution is 7.09. The van der Waals surface area contributed by atoms with E-state index in [2.05, 4.69) is 46.9 Å². The molecule has 1 aliphatic rings. The zero-order valence-corrected chi connectivity index (χ0v) is 43.8. The summed E-state index contributed by atoms with van der Waals surface area (Å²) in [4.78, 5) is 75.5. The second kappa shape index (κ2) is 29.7. The summed E-state index contributed by atoms with van der Waals surface area (Å²) in [7, 11) is 1.98. The van der Waals surface area contributed by atoms with Gasteiger partial charge in [0.15, 0.2) is 0 Å². The van der Waals surface area contributed by atoms with Crippen molar-refractivity contribution in [2.24, 2.45) is 17.8 Å². The van der Waals surface area contributed by atoms with Gasteiger partial charge in [0.25, 0.3) is 5.91 Å². The molecule has 1 fully saturated rings. The molecule has 5 amide bonds. The Hall–Kier alpha value is -4.32. The number of carbonyl (C=O) groups is 5. The number of aliphatic hydroxyl groups excluding tert-OH is 1. The monoisotopic (exact) mass is 972 g/mol. The van der Waals surface area contributed by atoms with E-state index in [1.807, 2.05) is 51.8 Å². The number of nitrogens with zero attached hydrogens (tertiary/aromatic N) is 3. The van der Waals surface area contributed by atoms with E-state index >= 15 is 0 Å². The number of alkyl carbamates (subject to hydrolysis) is 1. The van der Waals surface area contributed by atoms with Gasteiger partial charge in [-0.15, -0.1) is 11.3 Å². The number of hydrogen-bond donors (Lipinski definition) is 5. The van der Waals surface area contributed by atoms with Gasteiger partial charge in [-0.25, -0.2) is 14.6 Å². The number of thiazole rings is 1. The Morgan fingerprint density at radius 3 is 2.19 bits per heavy atom. The van der Waals surface area contributed by atoms with Gasteiger partial charge in [0.05, 0.1) is 6.04 Å². The number of ether oxygens (including phenoxy) is 3. The summed E-state index contributed by atoms with van der Waals surface area (Å²) < 4.78 is 17.2. The van der Waals surface area contributed by atoms with Gasteiger partial charge in [0.1, 0.15) is 34.2 Å². The molecular formula is C51H85N7O9S. The van der Waals surface area contributed by atoms with Crippen LogP contribution in [0.2, 0.25) is 0 Å². The number of likely N-dealkylation sites (N-methyl/N-ethyl adjacent to an activating group) is 1. The fourth-order valence-corrected chi connectivity index (χ4v) is 9.15. The van der Waals surface area contributed by atoms with Crippen LogP contribution < -0.4 is 26.0 Å². The van der Waals surface area contributed by atoms with Gasteiger partial charge in [-0.3, -0.25) is 19.3 Å². The van der Waals surface area contributed by atoms with E-state index in [9.17, 15) is 29.1 Å². The summed E-state index contributed by atoms with van der Waals surface area (Å²) >= 11 is 1.36. The molecule has 7 atom stereocenters. The van der Waals surface area contributed by atoms with E-state index in [-0.39, 0.29) is 65.9 Å². The molecule has 1 saturated heterocycles. The lowest BCUT2D eigenvalue weighted by Gasteiger charge is -2.40. The topological polar surface area (TPSA) is 201 Å². The van der Waals surface area contributed by atoms with Crippen LogP contribution in [0.1, 0.15) is 161 Å². The van der Waals surface area contributed by atoms with Crippen molar-refractivity contribution in [2.75, 3.05) is 46.4 Å². The van der Waals surface area contributed by atoms with Crippen LogP contribution in [0, 0.1) is 17.8 Å². The van der Waals surface area contributed by atoms with Crippen molar-refractivity contribution in [1.82, 2.24) is 36.1 Å². The third kappa shape index (κ3) is 20.0. The van der Waals surface area contributed by atoms with Gasteiger partial charge in [0.2, 0.25) is 11.8 Å². The molecule has 68 heavy (non-hydrogen) atoms. The second-order valence-electron chi connectivity index (χ2n) is 19.9. The summed E-state index contributed by atoms with van der Waals surface area (Å²) in [5.41, 5.74) is 0.600. The molecule has 16 nitrogen and oxygen atoms in total. The molecule has 17 heteroatoms. The van der Waals surface area contributed by atoms with Crippen molar-refractivity contribution in [3.63, 3.8) is 0 Å². The third-order valence-electron chi connectivity index (χ3n) is 12.3. The number of aromatic nitrogens is 1. The molecule has 2 aromatic rings. The molecule has 1 aromatic carbocycles. The second-order valence-corrected chi connectivity index (χ2v) is 20.8. The van der Waals surface area contributed by atoms with Gasteiger partial charge in [-0.05, 0) is 121 Å². The Balaban J connectivity index is 1.70. The first-order chi connectivity index (χ1) is 32.3. The maximum atomic E-state index is 14.7. The molecule has 0 aliphatic carbocycles. The molecule has 5 N–H and O–H groups in total. The van der Waals surface area contributed by atoms with E-state index in [4.69, 9.17) is 19.2 Å². The van der Waals surface area contributed by atoms with Crippen LogP contribution in [-0.4, -0.2) is 126 Å². The summed E-state index contributed by atoms with van der Waals surface area (Å²) in [6.45, 7) is 22.4. The largest absolute Gasteiger partial charge is 0.444 e. The number of benzene rings is 1. The first-order valence-electron chi connectivity index (χ1n) is 25.1. The molecule has 0 spiro atoms. The van der Waals surface area contributed by atoms with Crippen molar-refractivity contribution in [3.8, 4) is 5.75 Å². The fraction of sp³-hybridized carbons (Fsp3) is 0.725. The Kier molecular flexibility index (Phi) is 25.3. The van der Waals surface area contributed by atoms with Gasteiger partial charge < -0.3 is 45.5 Å². The van der Waals surface area contributed by atoms with Crippen LogP contribution in [0.4, 0.5) is 9.59 Å². The first-order valence-corrected chi connectivity index (χ1v) is 26.0. The predicted octanol–water partition coefficient (Wildman–Crippen LogP) is 8.03. The van der Waals surface area contributed by atoms with Crippen molar-refractivity contribution in [2.45, 2.75) is 176 Å². The molecule has 0 bridgehead atoms. The maximum Gasteiger partial charge on any atom is 0.412 e. The van der Waals surface area contributed by atoms with Crippen LogP contribution in [0.3, 0.4) is 0 Å². The fourth-order valence-electron chi connectivity index (χ4n) is 8.30. The normalized spacial score (nSPS) is 17.0. The summed E-state index contributed by atoms with van der Waals surface area (Å²) in [6, 6.07) is 5.62. The number of likely N-dealkylation sites (tertiary alicyclic amines) is 1. The van der Waals surface area contributed by atoms with Crippen molar-refractivity contribution in [3.05, 3.63) is 45.9 Å². The predicted molar refractivity (Wildman–Crippen MR) is 268 cm³/mol. The Morgan fingerprint density at radius 1 is 0.926 bits per heavy atom. The lowest BCUT2D eigenvalue weighted by atomic mass is 9.92. The number of unbranched alkanes of at least 4 members (excludes halogenated alkanes) is 1. The standard InChI is InChI=1S/C51H85N7O9S/c1-12-26-58(48(62)44(36(7)14-3)56-46(61)41-19-15-18-27-57(41)11)42(34(4)5)31-43(65-28-13-2)47-55-40(33-68-47)45(60)54-38(29-35(6)32-59)30-37-20-22-39(23-21-37)66-49(63)52-24-16-17-25-53-50(64)67-51(8,9)10/h20-23,33-36,38,41-44,59H,12-19,24-32H2,1-11H3,(H,52,63)(H,53,64)(H,54,60)(H,56,61). The maximum absolute atomic E-state index is 14.7. The minimum atomic E-state index is -0.662. The highest BCUT2D eigenvalue weighted by Crippen LogP contribution is 2.32. The molecular weight excluding hydrogens is 887 g/mol. The van der Waals surface area contributed by atoms with Crippen LogP contribution >= 0.6 is 11.3 Å². The van der Waals surface area contributed by atoms with E-state index in [1.165, 1.54) is 11.3 Å². The smallest absolute Gasteiger partial charge is 0.412 e. The molecule has 0 radical (unpaired) electrons. The summed E-state index contributed by atoms with van der Waals surface area (Å²) in [5.74, 6) is -0.233. The number of carbonyl (C=O) groups excluding carboxylic acids is 5. The lowest BCUT2D eigenvalue weighted by Crippen LogP contribution is -2.58. The molecule has 384 valence electrons. The number of amides is 5. The van der Waals surface area contributed by atoms with Gasteiger partial charge in [-0.2, -0.15) is 0 Å². The third-order valence-corrected chi connectivity index (χ3v) is 13.2. The average molecular weight is 972 g/mol. The minimum absolute atomic E-state index is 0.0390. The molecule has 3 rings (SSSR count). The average Bonchev–Trinajstić information content (AvgIpc) is 3.79. The zero-order valence-electron chi connectivity index (χ0n) is 43.0. The van der Waals surface area contributed by atoms with E-state index in [0.29, 0.717) is 69.1 Å². The molecule has 2 heterocycles. The SMILES string of the molecule is CCCOC(CC(C(C)C)N(CCC)C(=O)C(NC(=O)C1CCCCN1C)C(C)CC)c1nc(C(=O)NC(Cc2ccc(OC(=O)NCCCCNC(=O)OC(C)(C)C)cc2)CC(C)CO)cs1. The van der Waals surface area contributed by atoms with Crippen LogP contribution in [0.15, 0.2) is 29.6 Å². The van der Waals surface area contributed by atoms with Gasteiger partial charge >= 0.3 is 12.2 Å². The number of piperidine rings is 1. The first kappa shape index (κ1) is 58.0. The van der Waals surface area contributed by atoms with Crippen molar-refractivity contribution >= 4 is 41.2 Å². The Bertz CT molecular complexity index is 1840. The van der Waals surface area contributed by atoms with E-state index in [0.717, 1.165) is 50.6 Å². The number of rotatable bonds is 28. The number of hydrogen-bond acceptors (Lipinski definition) is 12. The Labute approximate surface area is 410 Å². The molecule has 1 aliphatic heterocycles. The van der Waals surface area contributed by atoms with Crippen LogP contribution in [-0.2, 0) is 25.5 Å². The van der Waals surface area contributed by atoms with Crippen molar-refractivity contribution in [1.29, 1.82) is 0 Å². The quantitative estimate of drug-likeness (QED) is 0.0517. The lowest BCUT2D eigenvalue weighted by molar-refractivity contribution is -0.143.